The van der Waals surface area contributed by atoms with Gasteiger partial charge in [0.2, 0.25) is 5.88 Å². The minimum absolute atomic E-state index is 0.0422. The van der Waals surface area contributed by atoms with Gasteiger partial charge in [-0.15, -0.1) is 0 Å². The van der Waals surface area contributed by atoms with E-state index in [1.54, 1.807) is 14.2 Å². The first-order valence-corrected chi connectivity index (χ1v) is 10.4. The summed E-state index contributed by atoms with van der Waals surface area (Å²) < 4.78 is 16.4. The van der Waals surface area contributed by atoms with Gasteiger partial charge in [-0.3, -0.25) is 4.79 Å². The van der Waals surface area contributed by atoms with E-state index in [0.29, 0.717) is 30.2 Å². The Balaban J connectivity index is 1.57. The number of hydrogen-bond acceptors (Lipinski definition) is 6. The quantitative estimate of drug-likeness (QED) is 0.648. The van der Waals surface area contributed by atoms with Gasteiger partial charge in [0.25, 0.3) is 0 Å². The molecule has 0 radical (unpaired) electrons. The van der Waals surface area contributed by atoms with Crippen LogP contribution in [0.15, 0.2) is 64.3 Å². The molecular weight excluding hydrogens is 392 g/mol. The van der Waals surface area contributed by atoms with Crippen molar-refractivity contribution in [1.29, 1.82) is 0 Å². The Kier molecular flexibility index (Phi) is 4.77. The van der Waals surface area contributed by atoms with Gasteiger partial charge in [0.05, 0.1) is 25.5 Å². The zero-order valence-electron chi connectivity index (χ0n) is 17.8. The normalized spacial score (nSPS) is 20.0. The Morgan fingerprint density at radius 2 is 1.77 bits per heavy atom. The van der Waals surface area contributed by atoms with Crippen molar-refractivity contribution in [3.63, 3.8) is 0 Å². The highest BCUT2D eigenvalue weighted by atomic mass is 16.5. The maximum Gasteiger partial charge on any atom is 0.233 e. The van der Waals surface area contributed by atoms with Crippen LogP contribution in [0, 0.1) is 6.92 Å². The smallest absolute Gasteiger partial charge is 0.233 e. The molecular formula is C25H24N2O4. The first-order chi connectivity index (χ1) is 15.1. The number of Topliss-reactive ketones (excluding diaryl/α,β-unsaturated/α-hetero) is 1. The van der Waals surface area contributed by atoms with Crippen LogP contribution in [0.1, 0.15) is 47.1 Å². The first kappa shape index (κ1) is 19.4. The van der Waals surface area contributed by atoms with Crippen LogP contribution < -0.4 is 14.8 Å². The van der Waals surface area contributed by atoms with Crippen LogP contribution in [0.2, 0.25) is 0 Å². The lowest BCUT2D eigenvalue weighted by Gasteiger charge is -2.34. The lowest BCUT2D eigenvalue weighted by atomic mass is 9.72. The van der Waals surface area contributed by atoms with Crippen LogP contribution in [-0.4, -0.2) is 25.2 Å². The van der Waals surface area contributed by atoms with E-state index < -0.39 is 0 Å². The predicted molar refractivity (Wildman–Crippen MR) is 117 cm³/mol. The molecule has 0 amide bonds. The number of aryl methyl sites for hydroxylation is 1. The van der Waals surface area contributed by atoms with Crippen LogP contribution in [0.5, 0.6) is 11.5 Å². The highest BCUT2D eigenvalue weighted by Crippen LogP contribution is 2.49. The number of methoxy groups -OCH3 is 2. The zero-order valence-corrected chi connectivity index (χ0v) is 17.8. The van der Waals surface area contributed by atoms with E-state index in [-0.39, 0.29) is 17.6 Å². The Hall–Kier alpha value is -3.54. The number of aromatic nitrogens is 1. The SMILES string of the molecule is COc1ccc([C@@H]2CC(=O)C3=C(C2)Nc2onc(C)c2[C@H]3c2ccccc2)cc1OC. The third kappa shape index (κ3) is 3.19. The fourth-order valence-electron chi connectivity index (χ4n) is 4.79. The average Bonchev–Trinajstić information content (AvgIpc) is 3.17. The summed E-state index contributed by atoms with van der Waals surface area (Å²) in [5, 5.41) is 7.54. The van der Waals surface area contributed by atoms with E-state index >= 15 is 0 Å². The molecule has 0 spiro atoms. The molecule has 31 heavy (non-hydrogen) atoms. The minimum Gasteiger partial charge on any atom is -0.493 e. The van der Waals surface area contributed by atoms with E-state index in [9.17, 15) is 4.79 Å². The van der Waals surface area contributed by atoms with Crippen LogP contribution >= 0.6 is 0 Å². The number of benzene rings is 2. The molecule has 2 aromatic carbocycles. The van der Waals surface area contributed by atoms with Gasteiger partial charge in [0.15, 0.2) is 17.3 Å². The largest absolute Gasteiger partial charge is 0.493 e. The first-order valence-electron chi connectivity index (χ1n) is 10.4. The van der Waals surface area contributed by atoms with Gasteiger partial charge < -0.3 is 19.3 Å². The van der Waals surface area contributed by atoms with E-state index in [1.165, 1.54) is 0 Å². The fourth-order valence-corrected chi connectivity index (χ4v) is 4.79. The molecule has 1 aromatic heterocycles. The lowest BCUT2D eigenvalue weighted by molar-refractivity contribution is -0.116. The molecule has 0 bridgehead atoms. The molecule has 158 valence electrons. The van der Waals surface area contributed by atoms with Crippen molar-refractivity contribution in [2.45, 2.75) is 31.6 Å². The third-order valence-electron chi connectivity index (χ3n) is 6.27. The second kappa shape index (κ2) is 7.61. The molecule has 1 aliphatic carbocycles. The highest BCUT2D eigenvalue weighted by Gasteiger charge is 2.41. The molecule has 1 N–H and O–H groups in total. The third-order valence-corrected chi connectivity index (χ3v) is 6.27. The highest BCUT2D eigenvalue weighted by molar-refractivity contribution is 6.01. The number of anilines is 1. The Morgan fingerprint density at radius 1 is 1.00 bits per heavy atom. The van der Waals surface area contributed by atoms with Gasteiger partial charge in [0.1, 0.15) is 0 Å². The second-order valence-corrected chi connectivity index (χ2v) is 8.01. The molecule has 2 atom stereocenters. The number of ketones is 1. The lowest BCUT2D eigenvalue weighted by Crippen LogP contribution is -2.29. The van der Waals surface area contributed by atoms with Crippen molar-refractivity contribution in [2.24, 2.45) is 0 Å². The molecule has 0 saturated carbocycles. The van der Waals surface area contributed by atoms with Crippen LogP contribution in [-0.2, 0) is 4.79 Å². The summed E-state index contributed by atoms with van der Waals surface area (Å²) in [6.45, 7) is 1.92. The Morgan fingerprint density at radius 3 is 2.52 bits per heavy atom. The molecule has 6 nitrogen and oxygen atoms in total. The molecule has 5 rings (SSSR count). The maximum absolute atomic E-state index is 13.5. The van der Waals surface area contributed by atoms with E-state index in [1.807, 2.05) is 43.3 Å². The Bertz CT molecular complexity index is 1180. The fraction of sp³-hybridized carbons (Fsp3) is 0.280. The molecule has 0 saturated heterocycles. The van der Waals surface area contributed by atoms with Crippen molar-refractivity contribution in [1.82, 2.24) is 5.16 Å². The van der Waals surface area contributed by atoms with Crippen molar-refractivity contribution in [2.75, 3.05) is 19.5 Å². The number of nitrogens with zero attached hydrogens (tertiary/aromatic N) is 1. The molecule has 1 aliphatic heterocycles. The van der Waals surface area contributed by atoms with Crippen molar-refractivity contribution >= 4 is 11.7 Å². The standard InChI is InChI=1S/C25H24N2O4/c1-14-22-23(15-7-5-4-6-8-15)24-18(26-25(22)31-27-14)11-17(12-19(24)28)16-9-10-20(29-2)21(13-16)30-3/h4-10,13,17,23,26H,11-12H2,1-3H3/t17-,23+/m0/s1. The number of carbonyl (C=O) groups is 1. The van der Waals surface area contributed by atoms with E-state index in [0.717, 1.165) is 33.7 Å². The molecule has 6 heteroatoms. The average molecular weight is 416 g/mol. The summed E-state index contributed by atoms with van der Waals surface area (Å²) in [6.07, 6.45) is 1.15. The van der Waals surface area contributed by atoms with Crippen molar-refractivity contribution < 1.29 is 18.8 Å². The number of hydrogen-bond donors (Lipinski definition) is 1. The van der Waals surface area contributed by atoms with E-state index in [4.69, 9.17) is 14.0 Å². The number of carbonyl (C=O) groups excluding carboxylic acids is 1. The molecule has 0 fully saturated rings. The molecule has 0 unspecified atom stereocenters. The van der Waals surface area contributed by atoms with Gasteiger partial charge in [-0.25, -0.2) is 0 Å². The van der Waals surface area contributed by atoms with E-state index in [2.05, 4.69) is 22.6 Å². The van der Waals surface area contributed by atoms with Gasteiger partial charge in [0, 0.05) is 23.6 Å². The monoisotopic (exact) mass is 416 g/mol. The molecule has 2 aliphatic rings. The van der Waals surface area contributed by atoms with Gasteiger partial charge in [-0.1, -0.05) is 41.6 Å². The predicted octanol–water partition coefficient (Wildman–Crippen LogP) is 4.96. The topological polar surface area (TPSA) is 73.6 Å². The molecule has 3 aromatic rings. The summed E-state index contributed by atoms with van der Waals surface area (Å²) in [7, 11) is 3.24. The number of nitrogens with one attached hydrogen (secondary N) is 1. The second-order valence-electron chi connectivity index (χ2n) is 8.01. The van der Waals surface area contributed by atoms with Crippen LogP contribution in [0.25, 0.3) is 0 Å². The maximum atomic E-state index is 13.5. The Labute approximate surface area is 180 Å². The number of rotatable bonds is 4. The van der Waals surface area contributed by atoms with Gasteiger partial charge in [-0.2, -0.15) is 0 Å². The number of allylic oxidation sites excluding steroid dienone is 2. The summed E-state index contributed by atoms with van der Waals surface area (Å²) in [6, 6.07) is 16.0. The summed E-state index contributed by atoms with van der Waals surface area (Å²) in [4.78, 5) is 13.5. The number of ether oxygens (including phenoxy) is 2. The van der Waals surface area contributed by atoms with Crippen molar-refractivity contribution in [3.8, 4) is 11.5 Å². The van der Waals surface area contributed by atoms with Gasteiger partial charge >= 0.3 is 0 Å². The van der Waals surface area contributed by atoms with Crippen LogP contribution in [0.3, 0.4) is 0 Å². The number of fused-ring (bicyclic) bond motifs is 1. The summed E-state index contributed by atoms with van der Waals surface area (Å²) in [5.74, 6) is 1.99. The van der Waals surface area contributed by atoms with Crippen LogP contribution in [0.4, 0.5) is 5.88 Å². The summed E-state index contributed by atoms with van der Waals surface area (Å²) >= 11 is 0. The van der Waals surface area contributed by atoms with Gasteiger partial charge in [-0.05, 0) is 42.5 Å². The minimum atomic E-state index is -0.169. The van der Waals surface area contributed by atoms with Crippen molar-refractivity contribution in [3.05, 3.63) is 82.2 Å². The molecule has 2 heterocycles. The zero-order chi connectivity index (χ0) is 21.5. The summed E-state index contributed by atoms with van der Waals surface area (Å²) in [5.41, 5.74) is 5.60.